The van der Waals surface area contributed by atoms with Crippen molar-refractivity contribution in [2.75, 3.05) is 12.4 Å². The molecule has 0 bridgehead atoms. The summed E-state index contributed by atoms with van der Waals surface area (Å²) >= 11 is 0. The van der Waals surface area contributed by atoms with Gasteiger partial charge in [-0.25, -0.2) is 0 Å². The predicted molar refractivity (Wildman–Crippen MR) is 61.3 cm³/mol. The minimum absolute atomic E-state index is 0.156. The van der Waals surface area contributed by atoms with Crippen molar-refractivity contribution in [1.82, 2.24) is 15.5 Å². The number of hydrogen-bond donors (Lipinski definition) is 2. The summed E-state index contributed by atoms with van der Waals surface area (Å²) < 4.78 is 0. The molecule has 1 aromatic heterocycles. The number of carbonyl (C=O) groups excluding carboxylic acids is 1. The number of carbonyl (C=O) groups is 1. The van der Waals surface area contributed by atoms with E-state index in [1.54, 1.807) is 19.2 Å². The van der Waals surface area contributed by atoms with E-state index in [4.69, 9.17) is 0 Å². The molecule has 1 heterocycles. The van der Waals surface area contributed by atoms with Crippen molar-refractivity contribution in [2.24, 2.45) is 0 Å². The molecule has 16 heavy (non-hydrogen) atoms. The average molecular weight is 220 g/mol. The summed E-state index contributed by atoms with van der Waals surface area (Å²) in [5.41, 5.74) is 0.496. The van der Waals surface area contributed by atoms with E-state index in [-0.39, 0.29) is 11.4 Å². The molecule has 1 aliphatic rings. The first-order valence-electron chi connectivity index (χ1n) is 5.47. The zero-order chi connectivity index (χ0) is 11.6. The van der Waals surface area contributed by atoms with Gasteiger partial charge in [0.2, 0.25) is 0 Å². The summed E-state index contributed by atoms with van der Waals surface area (Å²) in [5, 5.41) is 13.7. The summed E-state index contributed by atoms with van der Waals surface area (Å²) in [4.78, 5) is 11.2. The van der Waals surface area contributed by atoms with E-state index in [1.807, 2.05) is 0 Å². The third-order valence-corrected chi connectivity index (χ3v) is 3.01. The Kier molecular flexibility index (Phi) is 2.77. The van der Waals surface area contributed by atoms with E-state index in [1.165, 1.54) is 6.42 Å². The van der Waals surface area contributed by atoms with Crippen LogP contribution in [0.2, 0.25) is 0 Å². The van der Waals surface area contributed by atoms with E-state index in [2.05, 4.69) is 27.8 Å². The van der Waals surface area contributed by atoms with Crippen molar-refractivity contribution in [3.05, 3.63) is 17.8 Å². The highest BCUT2D eigenvalue weighted by Crippen LogP contribution is 2.33. The second kappa shape index (κ2) is 4.08. The SMILES string of the molecule is CNC(=O)c1ccc(NC2(C)CCC2)nn1. The van der Waals surface area contributed by atoms with E-state index in [0.717, 1.165) is 18.7 Å². The number of aromatic nitrogens is 2. The lowest BCUT2D eigenvalue weighted by Crippen LogP contribution is -2.42. The Hall–Kier alpha value is -1.65. The smallest absolute Gasteiger partial charge is 0.271 e. The van der Waals surface area contributed by atoms with Gasteiger partial charge in [-0.15, -0.1) is 10.2 Å². The monoisotopic (exact) mass is 220 g/mol. The summed E-state index contributed by atoms with van der Waals surface area (Å²) in [6, 6.07) is 3.47. The minimum atomic E-state index is -0.214. The molecule has 1 amide bonds. The van der Waals surface area contributed by atoms with Crippen molar-refractivity contribution in [3.63, 3.8) is 0 Å². The topological polar surface area (TPSA) is 66.9 Å². The molecule has 1 fully saturated rings. The zero-order valence-electron chi connectivity index (χ0n) is 9.58. The maximum absolute atomic E-state index is 11.2. The van der Waals surface area contributed by atoms with Gasteiger partial charge in [-0.2, -0.15) is 0 Å². The Labute approximate surface area is 94.6 Å². The summed E-state index contributed by atoms with van der Waals surface area (Å²) in [6.07, 6.45) is 3.57. The Morgan fingerprint density at radius 1 is 1.38 bits per heavy atom. The van der Waals surface area contributed by atoms with E-state index in [9.17, 15) is 4.79 Å². The molecule has 1 saturated carbocycles. The number of amides is 1. The molecule has 5 heteroatoms. The molecule has 0 aliphatic heterocycles. The molecule has 1 aromatic rings. The molecule has 1 aliphatic carbocycles. The zero-order valence-corrected chi connectivity index (χ0v) is 9.58. The van der Waals surface area contributed by atoms with Crippen LogP contribution in [-0.4, -0.2) is 28.7 Å². The highest BCUT2D eigenvalue weighted by molar-refractivity contribution is 5.91. The van der Waals surface area contributed by atoms with Crippen LogP contribution in [-0.2, 0) is 0 Å². The van der Waals surface area contributed by atoms with Crippen molar-refractivity contribution in [1.29, 1.82) is 0 Å². The van der Waals surface area contributed by atoms with Crippen molar-refractivity contribution < 1.29 is 4.79 Å². The second-order valence-corrected chi connectivity index (χ2v) is 4.42. The van der Waals surface area contributed by atoms with Crippen LogP contribution in [0.1, 0.15) is 36.7 Å². The van der Waals surface area contributed by atoms with Crippen LogP contribution in [0.3, 0.4) is 0 Å². The quantitative estimate of drug-likeness (QED) is 0.803. The lowest BCUT2D eigenvalue weighted by Gasteiger charge is -2.39. The van der Waals surface area contributed by atoms with Gasteiger partial charge in [0.1, 0.15) is 5.82 Å². The van der Waals surface area contributed by atoms with Gasteiger partial charge in [0.25, 0.3) is 5.91 Å². The van der Waals surface area contributed by atoms with Gasteiger partial charge in [0, 0.05) is 12.6 Å². The van der Waals surface area contributed by atoms with Crippen LogP contribution < -0.4 is 10.6 Å². The fraction of sp³-hybridized carbons (Fsp3) is 0.545. The lowest BCUT2D eigenvalue weighted by molar-refractivity contribution is 0.0957. The van der Waals surface area contributed by atoms with Gasteiger partial charge in [-0.05, 0) is 38.3 Å². The van der Waals surface area contributed by atoms with Crippen LogP contribution in [0.4, 0.5) is 5.82 Å². The number of anilines is 1. The second-order valence-electron chi connectivity index (χ2n) is 4.42. The number of rotatable bonds is 3. The molecule has 0 radical (unpaired) electrons. The highest BCUT2D eigenvalue weighted by atomic mass is 16.1. The number of nitrogens with one attached hydrogen (secondary N) is 2. The number of hydrogen-bond acceptors (Lipinski definition) is 4. The van der Waals surface area contributed by atoms with Crippen molar-refractivity contribution >= 4 is 11.7 Å². The van der Waals surface area contributed by atoms with Gasteiger partial charge >= 0.3 is 0 Å². The van der Waals surface area contributed by atoms with Crippen molar-refractivity contribution in [3.8, 4) is 0 Å². The van der Waals surface area contributed by atoms with Gasteiger partial charge in [0.05, 0.1) is 0 Å². The molecule has 5 nitrogen and oxygen atoms in total. The maximum atomic E-state index is 11.2. The minimum Gasteiger partial charge on any atom is -0.363 e. The number of nitrogens with zero attached hydrogens (tertiary/aromatic N) is 2. The molecule has 2 N–H and O–H groups in total. The third kappa shape index (κ3) is 2.13. The van der Waals surface area contributed by atoms with Crippen LogP contribution in [0.15, 0.2) is 12.1 Å². The van der Waals surface area contributed by atoms with Gasteiger partial charge in [0.15, 0.2) is 5.69 Å². The summed E-state index contributed by atoms with van der Waals surface area (Å²) in [6.45, 7) is 2.17. The van der Waals surface area contributed by atoms with E-state index in [0.29, 0.717) is 5.69 Å². The van der Waals surface area contributed by atoms with Crippen molar-refractivity contribution in [2.45, 2.75) is 31.7 Å². The average Bonchev–Trinajstić information content (AvgIpc) is 2.27. The molecule has 0 aromatic carbocycles. The first kappa shape index (κ1) is 10.9. The van der Waals surface area contributed by atoms with Crippen LogP contribution in [0.5, 0.6) is 0 Å². The molecule has 2 rings (SSSR count). The molecular weight excluding hydrogens is 204 g/mol. The van der Waals surface area contributed by atoms with Crippen LogP contribution in [0, 0.1) is 0 Å². The summed E-state index contributed by atoms with van der Waals surface area (Å²) in [5.74, 6) is 0.517. The fourth-order valence-corrected chi connectivity index (χ4v) is 1.79. The Morgan fingerprint density at radius 3 is 2.56 bits per heavy atom. The third-order valence-electron chi connectivity index (χ3n) is 3.01. The first-order valence-corrected chi connectivity index (χ1v) is 5.47. The Bertz CT molecular complexity index is 383. The fourth-order valence-electron chi connectivity index (χ4n) is 1.79. The Balaban J connectivity index is 2.04. The lowest BCUT2D eigenvalue weighted by atomic mass is 9.78. The summed E-state index contributed by atoms with van der Waals surface area (Å²) in [7, 11) is 1.57. The van der Waals surface area contributed by atoms with Gasteiger partial charge in [-0.1, -0.05) is 0 Å². The van der Waals surface area contributed by atoms with Crippen LogP contribution in [0.25, 0.3) is 0 Å². The Morgan fingerprint density at radius 2 is 2.12 bits per heavy atom. The van der Waals surface area contributed by atoms with E-state index >= 15 is 0 Å². The van der Waals surface area contributed by atoms with E-state index < -0.39 is 0 Å². The first-order chi connectivity index (χ1) is 7.63. The largest absolute Gasteiger partial charge is 0.363 e. The van der Waals surface area contributed by atoms with Crippen LogP contribution >= 0.6 is 0 Å². The molecule has 0 atom stereocenters. The maximum Gasteiger partial charge on any atom is 0.271 e. The highest BCUT2D eigenvalue weighted by Gasteiger charge is 2.31. The van der Waals surface area contributed by atoms with Gasteiger partial charge in [-0.3, -0.25) is 4.79 Å². The normalized spacial score (nSPS) is 17.4. The molecule has 86 valence electrons. The predicted octanol–water partition coefficient (Wildman–Crippen LogP) is 1.19. The standard InChI is InChI=1S/C11H16N4O/c1-11(6-3-7-11)13-9-5-4-8(14-15-9)10(16)12-2/h4-5H,3,6-7H2,1-2H3,(H,12,16)(H,13,15). The molecular formula is C11H16N4O. The molecule has 0 saturated heterocycles. The molecule has 0 spiro atoms. The molecule has 0 unspecified atom stereocenters. The van der Waals surface area contributed by atoms with Gasteiger partial charge < -0.3 is 10.6 Å².